The number of fused-ring (bicyclic) bond motifs is 1. The number of hydrogen-bond acceptors (Lipinski definition) is 3. The van der Waals surface area contributed by atoms with Gasteiger partial charge in [0.1, 0.15) is 6.04 Å². The second-order valence-electron chi connectivity index (χ2n) is 5.34. The highest BCUT2D eigenvalue weighted by atomic mass is 16.5. The average molecular weight is 290 g/mol. The fourth-order valence-corrected chi connectivity index (χ4v) is 2.94. The number of morpholine rings is 1. The number of hydrogen-bond donors (Lipinski definition) is 1. The minimum absolute atomic E-state index is 0.116. The van der Waals surface area contributed by atoms with Crippen molar-refractivity contribution < 1.29 is 19.4 Å². The Balaban J connectivity index is 1.85. The Morgan fingerprint density at radius 2 is 1.81 bits per heavy atom. The van der Waals surface area contributed by atoms with Crippen LogP contribution >= 0.6 is 0 Å². The molecule has 0 aliphatic carbocycles. The molecule has 1 atom stereocenters. The monoisotopic (exact) mass is 290 g/mol. The molecule has 1 fully saturated rings. The van der Waals surface area contributed by atoms with Crippen LogP contribution in [-0.4, -0.2) is 59.3 Å². The zero-order valence-corrected chi connectivity index (χ0v) is 11.7. The fraction of sp³-hybridized carbons (Fsp3) is 0.467. The first kappa shape index (κ1) is 13.9. The van der Waals surface area contributed by atoms with E-state index in [2.05, 4.69) is 0 Å². The van der Waals surface area contributed by atoms with Crippen molar-refractivity contribution >= 4 is 12.0 Å². The van der Waals surface area contributed by atoms with Gasteiger partial charge in [-0.25, -0.2) is 4.79 Å². The number of carbonyl (C=O) groups is 2. The van der Waals surface area contributed by atoms with E-state index in [1.54, 1.807) is 4.90 Å². The van der Waals surface area contributed by atoms with Gasteiger partial charge < -0.3 is 14.7 Å². The van der Waals surface area contributed by atoms with Crippen molar-refractivity contribution in [3.05, 3.63) is 35.4 Å². The van der Waals surface area contributed by atoms with Crippen LogP contribution in [0.1, 0.15) is 11.1 Å². The van der Waals surface area contributed by atoms with E-state index >= 15 is 0 Å². The van der Waals surface area contributed by atoms with E-state index in [4.69, 9.17) is 4.74 Å². The van der Waals surface area contributed by atoms with Gasteiger partial charge in [-0.1, -0.05) is 24.3 Å². The molecule has 1 aromatic carbocycles. The summed E-state index contributed by atoms with van der Waals surface area (Å²) < 4.78 is 5.24. The lowest BCUT2D eigenvalue weighted by Gasteiger charge is -2.38. The second-order valence-corrected chi connectivity index (χ2v) is 5.34. The molecule has 2 aliphatic heterocycles. The summed E-state index contributed by atoms with van der Waals surface area (Å²) in [7, 11) is 0. The highest BCUT2D eigenvalue weighted by molar-refractivity contribution is 5.86. The van der Waals surface area contributed by atoms with Crippen LogP contribution in [-0.2, 0) is 22.5 Å². The predicted molar refractivity (Wildman–Crippen MR) is 74.9 cm³/mol. The molecule has 2 heterocycles. The van der Waals surface area contributed by atoms with Gasteiger partial charge in [-0.3, -0.25) is 9.69 Å². The van der Waals surface area contributed by atoms with E-state index in [0.29, 0.717) is 32.7 Å². The van der Waals surface area contributed by atoms with E-state index in [1.165, 1.54) is 4.90 Å². The molecule has 1 saturated heterocycles. The van der Waals surface area contributed by atoms with Gasteiger partial charge >= 0.3 is 6.09 Å². The van der Waals surface area contributed by atoms with Crippen LogP contribution in [0.15, 0.2) is 24.3 Å². The van der Waals surface area contributed by atoms with Crippen molar-refractivity contribution in [3.63, 3.8) is 0 Å². The van der Waals surface area contributed by atoms with Crippen LogP contribution in [0.2, 0.25) is 0 Å². The van der Waals surface area contributed by atoms with Crippen LogP contribution in [0.25, 0.3) is 0 Å². The maximum absolute atomic E-state index is 12.6. The quantitative estimate of drug-likeness (QED) is 0.836. The molecule has 3 rings (SSSR count). The zero-order chi connectivity index (χ0) is 14.8. The second kappa shape index (κ2) is 5.73. The van der Waals surface area contributed by atoms with Crippen LogP contribution in [0.3, 0.4) is 0 Å². The predicted octanol–water partition coefficient (Wildman–Crippen LogP) is 0.950. The van der Waals surface area contributed by atoms with Gasteiger partial charge in [0.05, 0.1) is 19.8 Å². The van der Waals surface area contributed by atoms with Crippen LogP contribution in [0.4, 0.5) is 4.79 Å². The molecule has 2 amide bonds. The Labute approximate surface area is 122 Å². The third kappa shape index (κ3) is 2.71. The van der Waals surface area contributed by atoms with Gasteiger partial charge in [0, 0.05) is 19.5 Å². The van der Waals surface area contributed by atoms with Crippen molar-refractivity contribution in [1.29, 1.82) is 0 Å². The van der Waals surface area contributed by atoms with Gasteiger partial charge in [0.25, 0.3) is 0 Å². The Hall–Kier alpha value is -2.08. The summed E-state index contributed by atoms with van der Waals surface area (Å²) in [5.41, 5.74) is 2.03. The van der Waals surface area contributed by atoms with E-state index in [-0.39, 0.29) is 12.5 Å². The summed E-state index contributed by atoms with van der Waals surface area (Å²) in [5.74, 6) is -0.116. The average Bonchev–Trinajstić information content (AvgIpc) is 2.53. The van der Waals surface area contributed by atoms with E-state index < -0.39 is 12.1 Å². The van der Waals surface area contributed by atoms with Gasteiger partial charge in [0.2, 0.25) is 5.91 Å². The molecule has 1 N–H and O–H groups in total. The molecular formula is C15H18N2O4. The van der Waals surface area contributed by atoms with Crippen LogP contribution < -0.4 is 0 Å². The summed E-state index contributed by atoms with van der Waals surface area (Å²) >= 11 is 0. The van der Waals surface area contributed by atoms with Gasteiger partial charge in [0.15, 0.2) is 0 Å². The van der Waals surface area contributed by atoms with Gasteiger partial charge in [-0.05, 0) is 11.1 Å². The lowest BCUT2D eigenvalue weighted by Crippen LogP contribution is -2.55. The number of carbonyl (C=O) groups excluding carboxylic acids is 1. The first-order chi connectivity index (χ1) is 10.2. The summed E-state index contributed by atoms with van der Waals surface area (Å²) in [6.45, 7) is 2.37. The normalized spacial score (nSPS) is 21.8. The molecule has 6 heteroatoms. The smallest absolute Gasteiger partial charge is 0.408 e. The SMILES string of the molecule is O=C([C@@H]1Cc2ccccc2CN1C(=O)O)N1CCOCC1. The van der Waals surface area contributed by atoms with Crippen molar-refractivity contribution in [1.82, 2.24) is 9.80 Å². The van der Waals surface area contributed by atoms with E-state index in [9.17, 15) is 14.7 Å². The lowest BCUT2D eigenvalue weighted by molar-refractivity contribution is -0.141. The lowest BCUT2D eigenvalue weighted by atomic mass is 9.93. The Kier molecular flexibility index (Phi) is 3.79. The number of nitrogens with zero attached hydrogens (tertiary/aromatic N) is 2. The van der Waals surface area contributed by atoms with E-state index in [1.807, 2.05) is 24.3 Å². The van der Waals surface area contributed by atoms with E-state index in [0.717, 1.165) is 11.1 Å². The molecule has 0 radical (unpaired) electrons. The number of amides is 2. The number of carboxylic acid groups (broad SMARTS) is 1. The molecule has 0 aromatic heterocycles. The maximum atomic E-state index is 12.6. The molecule has 0 saturated carbocycles. The number of rotatable bonds is 1. The standard InChI is InChI=1S/C15H18N2O4/c18-14(16-5-7-21-8-6-16)13-9-11-3-1-2-4-12(11)10-17(13)15(19)20/h1-4,13H,5-10H2,(H,19,20)/t13-/m0/s1. The van der Waals surface area contributed by atoms with Crippen molar-refractivity contribution in [2.45, 2.75) is 19.0 Å². The molecule has 2 aliphatic rings. The first-order valence-corrected chi connectivity index (χ1v) is 7.09. The summed E-state index contributed by atoms with van der Waals surface area (Å²) in [6, 6.07) is 7.07. The number of benzene rings is 1. The summed E-state index contributed by atoms with van der Waals surface area (Å²) in [6.07, 6.45) is -0.602. The van der Waals surface area contributed by atoms with Crippen LogP contribution in [0, 0.1) is 0 Å². The molecule has 0 spiro atoms. The Morgan fingerprint density at radius 1 is 1.14 bits per heavy atom. The van der Waals surface area contributed by atoms with Crippen LogP contribution in [0.5, 0.6) is 0 Å². The molecule has 0 bridgehead atoms. The third-order valence-corrected chi connectivity index (χ3v) is 4.10. The third-order valence-electron chi connectivity index (χ3n) is 4.10. The minimum atomic E-state index is -1.05. The summed E-state index contributed by atoms with van der Waals surface area (Å²) in [5, 5.41) is 9.41. The zero-order valence-electron chi connectivity index (χ0n) is 11.7. The van der Waals surface area contributed by atoms with Crippen molar-refractivity contribution in [2.24, 2.45) is 0 Å². The molecule has 1 aromatic rings. The minimum Gasteiger partial charge on any atom is -0.465 e. The van der Waals surface area contributed by atoms with Crippen molar-refractivity contribution in [2.75, 3.05) is 26.3 Å². The Bertz CT molecular complexity index is 554. The highest BCUT2D eigenvalue weighted by Crippen LogP contribution is 2.24. The molecule has 112 valence electrons. The Morgan fingerprint density at radius 3 is 2.48 bits per heavy atom. The molecule has 0 unspecified atom stereocenters. The molecular weight excluding hydrogens is 272 g/mol. The number of ether oxygens (including phenoxy) is 1. The molecule has 21 heavy (non-hydrogen) atoms. The fourth-order valence-electron chi connectivity index (χ4n) is 2.94. The summed E-state index contributed by atoms with van der Waals surface area (Å²) in [4.78, 5) is 27.1. The maximum Gasteiger partial charge on any atom is 0.408 e. The molecule has 6 nitrogen and oxygen atoms in total. The largest absolute Gasteiger partial charge is 0.465 e. The topological polar surface area (TPSA) is 70.1 Å². The first-order valence-electron chi connectivity index (χ1n) is 7.09. The van der Waals surface area contributed by atoms with Crippen molar-refractivity contribution in [3.8, 4) is 0 Å². The highest BCUT2D eigenvalue weighted by Gasteiger charge is 2.37. The van der Waals surface area contributed by atoms with Gasteiger partial charge in [-0.15, -0.1) is 0 Å². The van der Waals surface area contributed by atoms with Gasteiger partial charge in [-0.2, -0.15) is 0 Å².